The van der Waals surface area contributed by atoms with Crippen LogP contribution in [0, 0.1) is 6.92 Å². The largest absolute Gasteiger partial charge is 0.483 e. The summed E-state index contributed by atoms with van der Waals surface area (Å²) in [6.07, 6.45) is 0. The number of nitrogens with one attached hydrogen (secondary N) is 2. The summed E-state index contributed by atoms with van der Waals surface area (Å²) >= 11 is 0. The van der Waals surface area contributed by atoms with Crippen LogP contribution in [0.4, 0.5) is 0 Å². The van der Waals surface area contributed by atoms with Crippen LogP contribution >= 0.6 is 0 Å². The van der Waals surface area contributed by atoms with Crippen LogP contribution in [0.25, 0.3) is 0 Å². The number of amides is 2. The highest BCUT2D eigenvalue weighted by Gasteiger charge is 2.15. The van der Waals surface area contributed by atoms with E-state index in [1.807, 2.05) is 45.9 Å². The van der Waals surface area contributed by atoms with Crippen molar-refractivity contribution in [2.24, 2.45) is 0 Å². The van der Waals surface area contributed by atoms with Gasteiger partial charge in [-0.15, -0.1) is 0 Å². The average Bonchev–Trinajstić information content (AvgIpc) is 2.40. The first kappa shape index (κ1) is 19.0. The third-order valence-electron chi connectivity index (χ3n) is 3.11. The highest BCUT2D eigenvalue weighted by atomic mass is 16.5. The van der Waals surface area contributed by atoms with E-state index < -0.39 is 0 Å². The first-order valence-electron chi connectivity index (χ1n) is 7.89. The Kier molecular flexibility index (Phi) is 6.61. The summed E-state index contributed by atoms with van der Waals surface area (Å²) in [5, 5.41) is 5.35. The molecule has 128 valence electrons. The van der Waals surface area contributed by atoms with Crippen LogP contribution in [0.2, 0.25) is 0 Å². The van der Waals surface area contributed by atoms with Crippen molar-refractivity contribution in [2.45, 2.75) is 53.0 Å². The topological polar surface area (TPSA) is 67.4 Å². The van der Waals surface area contributed by atoms with E-state index in [-0.39, 0.29) is 30.5 Å². The van der Waals surface area contributed by atoms with Crippen molar-refractivity contribution in [1.82, 2.24) is 10.6 Å². The summed E-state index contributed by atoms with van der Waals surface area (Å²) in [5.74, 6) is 0.495. The van der Waals surface area contributed by atoms with E-state index in [0.717, 1.165) is 11.1 Å². The van der Waals surface area contributed by atoms with Crippen molar-refractivity contribution in [1.29, 1.82) is 0 Å². The maximum atomic E-state index is 11.8. The number of ether oxygens (including phenoxy) is 1. The average molecular weight is 320 g/mol. The fourth-order valence-corrected chi connectivity index (χ4v) is 2.08. The van der Waals surface area contributed by atoms with Gasteiger partial charge in [-0.2, -0.15) is 0 Å². The Labute approximate surface area is 138 Å². The highest BCUT2D eigenvalue weighted by molar-refractivity contribution is 5.85. The maximum Gasteiger partial charge on any atom is 0.258 e. The molecule has 0 saturated heterocycles. The molecule has 0 heterocycles. The molecule has 5 nitrogen and oxygen atoms in total. The third kappa shape index (κ3) is 7.17. The molecule has 2 N–H and O–H groups in total. The summed E-state index contributed by atoms with van der Waals surface area (Å²) in [7, 11) is 0. The molecule has 0 aliphatic rings. The van der Waals surface area contributed by atoms with Crippen molar-refractivity contribution >= 4 is 11.8 Å². The zero-order chi connectivity index (χ0) is 17.6. The lowest BCUT2D eigenvalue weighted by Gasteiger charge is -2.20. The van der Waals surface area contributed by atoms with Gasteiger partial charge in [-0.25, -0.2) is 0 Å². The Morgan fingerprint density at radius 2 is 1.83 bits per heavy atom. The molecule has 2 amide bonds. The van der Waals surface area contributed by atoms with Gasteiger partial charge in [0.2, 0.25) is 5.91 Å². The van der Waals surface area contributed by atoms with Gasteiger partial charge in [0.1, 0.15) is 5.75 Å². The quantitative estimate of drug-likeness (QED) is 0.846. The minimum atomic E-state index is -0.315. The van der Waals surface area contributed by atoms with Gasteiger partial charge < -0.3 is 15.4 Å². The predicted octanol–water partition coefficient (Wildman–Crippen LogP) is 2.53. The van der Waals surface area contributed by atoms with Crippen LogP contribution in [0.15, 0.2) is 18.2 Å². The number of hydrogen-bond acceptors (Lipinski definition) is 3. The van der Waals surface area contributed by atoms with Gasteiger partial charge in [0.05, 0.1) is 6.54 Å². The Bertz CT molecular complexity index is 560. The first-order valence-corrected chi connectivity index (χ1v) is 7.89. The molecule has 5 heteroatoms. The number of carbonyl (C=O) groups is 2. The summed E-state index contributed by atoms with van der Waals surface area (Å²) < 4.78 is 5.63. The Hall–Kier alpha value is -2.04. The minimum absolute atomic E-state index is 0.0513. The molecule has 0 saturated carbocycles. The van der Waals surface area contributed by atoms with Crippen LogP contribution < -0.4 is 15.4 Å². The lowest BCUT2D eigenvalue weighted by molar-refractivity contribution is -0.127. The van der Waals surface area contributed by atoms with Crippen LogP contribution in [0.1, 0.15) is 51.7 Å². The normalized spacial score (nSPS) is 11.3. The molecular weight excluding hydrogens is 292 g/mol. The zero-order valence-corrected chi connectivity index (χ0v) is 14.9. The van der Waals surface area contributed by atoms with Crippen molar-refractivity contribution in [3.63, 3.8) is 0 Å². The van der Waals surface area contributed by atoms with Crippen molar-refractivity contribution in [3.05, 3.63) is 29.3 Å². The van der Waals surface area contributed by atoms with Crippen molar-refractivity contribution < 1.29 is 14.3 Å². The summed E-state index contributed by atoms with van der Waals surface area (Å²) in [5.41, 5.74) is 1.83. The molecular formula is C18H28N2O3. The molecule has 23 heavy (non-hydrogen) atoms. The molecule has 0 aliphatic heterocycles. The highest BCUT2D eigenvalue weighted by Crippen LogP contribution is 2.27. The van der Waals surface area contributed by atoms with Gasteiger partial charge in [0.15, 0.2) is 6.61 Å². The predicted molar refractivity (Wildman–Crippen MR) is 91.7 cm³/mol. The van der Waals surface area contributed by atoms with Gasteiger partial charge in [-0.1, -0.05) is 26.0 Å². The number of carbonyl (C=O) groups excluding carboxylic acids is 2. The van der Waals surface area contributed by atoms with Gasteiger partial charge in [0.25, 0.3) is 5.91 Å². The molecule has 0 fully saturated rings. The summed E-state index contributed by atoms with van der Waals surface area (Å²) in [4.78, 5) is 23.5. The summed E-state index contributed by atoms with van der Waals surface area (Å²) in [6, 6.07) is 5.97. The van der Waals surface area contributed by atoms with Crippen LogP contribution in [0.5, 0.6) is 5.75 Å². The Morgan fingerprint density at radius 1 is 1.17 bits per heavy atom. The Morgan fingerprint density at radius 3 is 2.39 bits per heavy atom. The van der Waals surface area contributed by atoms with Gasteiger partial charge in [-0.3, -0.25) is 9.59 Å². The van der Waals surface area contributed by atoms with Gasteiger partial charge in [-0.05, 0) is 50.8 Å². The van der Waals surface area contributed by atoms with E-state index in [1.54, 1.807) is 0 Å². The van der Waals surface area contributed by atoms with Crippen molar-refractivity contribution in [2.75, 3.05) is 13.2 Å². The number of aryl methyl sites for hydroxylation is 1. The zero-order valence-electron chi connectivity index (χ0n) is 14.9. The van der Waals surface area contributed by atoms with E-state index in [0.29, 0.717) is 11.7 Å². The molecule has 0 bridgehead atoms. The van der Waals surface area contributed by atoms with E-state index >= 15 is 0 Å². The van der Waals surface area contributed by atoms with E-state index in [4.69, 9.17) is 4.74 Å². The molecule has 0 aromatic heterocycles. The molecule has 0 spiro atoms. The van der Waals surface area contributed by atoms with E-state index in [1.165, 1.54) is 0 Å². The fraction of sp³-hybridized carbons (Fsp3) is 0.556. The third-order valence-corrected chi connectivity index (χ3v) is 3.11. The Balaban J connectivity index is 2.51. The minimum Gasteiger partial charge on any atom is -0.483 e. The SMILES string of the molecule is Cc1ccc(C(C)C)c(OCC(=O)NCC(=O)NC(C)(C)C)c1. The van der Waals surface area contributed by atoms with Crippen LogP contribution in [0.3, 0.4) is 0 Å². The first-order chi connectivity index (χ1) is 10.6. The van der Waals surface area contributed by atoms with Gasteiger partial charge in [0, 0.05) is 5.54 Å². The monoisotopic (exact) mass is 320 g/mol. The van der Waals surface area contributed by atoms with Crippen LogP contribution in [-0.4, -0.2) is 30.5 Å². The van der Waals surface area contributed by atoms with E-state index in [9.17, 15) is 9.59 Å². The second kappa shape index (κ2) is 7.99. The standard InChI is InChI=1S/C18H28N2O3/c1-12(2)14-8-7-13(3)9-15(14)23-11-17(22)19-10-16(21)20-18(4,5)6/h7-9,12H,10-11H2,1-6H3,(H,19,22)(H,20,21). The molecule has 0 atom stereocenters. The van der Waals surface area contributed by atoms with Crippen molar-refractivity contribution in [3.8, 4) is 5.75 Å². The lowest BCUT2D eigenvalue weighted by Crippen LogP contribution is -2.46. The molecule has 1 aromatic rings. The molecule has 0 aliphatic carbocycles. The maximum absolute atomic E-state index is 11.8. The fourth-order valence-electron chi connectivity index (χ4n) is 2.08. The second-order valence-electron chi connectivity index (χ2n) is 7.06. The van der Waals surface area contributed by atoms with E-state index in [2.05, 4.69) is 24.5 Å². The summed E-state index contributed by atoms with van der Waals surface area (Å²) in [6.45, 7) is 11.6. The lowest BCUT2D eigenvalue weighted by atomic mass is 10.0. The molecule has 0 radical (unpaired) electrons. The number of hydrogen-bond donors (Lipinski definition) is 2. The molecule has 1 aromatic carbocycles. The van der Waals surface area contributed by atoms with Crippen LogP contribution in [-0.2, 0) is 9.59 Å². The van der Waals surface area contributed by atoms with Gasteiger partial charge >= 0.3 is 0 Å². The molecule has 0 unspecified atom stereocenters. The smallest absolute Gasteiger partial charge is 0.258 e. The number of rotatable bonds is 6. The number of benzene rings is 1. The molecule has 1 rings (SSSR count). The second-order valence-corrected chi connectivity index (χ2v) is 7.06.